The number of hydrogen-bond donors (Lipinski definition) is 2. The van der Waals surface area contributed by atoms with Crippen LogP contribution in [0, 0.1) is 17.8 Å². The van der Waals surface area contributed by atoms with Crippen molar-refractivity contribution in [2.75, 3.05) is 20.3 Å². The van der Waals surface area contributed by atoms with Crippen molar-refractivity contribution in [3.05, 3.63) is 21.9 Å². The van der Waals surface area contributed by atoms with Gasteiger partial charge < -0.3 is 15.2 Å². The summed E-state index contributed by atoms with van der Waals surface area (Å²) in [5, 5.41) is 13.6. The second kappa shape index (κ2) is 9.54. The van der Waals surface area contributed by atoms with Crippen molar-refractivity contribution in [3.63, 3.8) is 0 Å². The zero-order valence-electron chi connectivity index (χ0n) is 11.9. The van der Waals surface area contributed by atoms with E-state index in [0.29, 0.717) is 26.0 Å². The van der Waals surface area contributed by atoms with E-state index in [1.54, 1.807) is 18.4 Å². The van der Waals surface area contributed by atoms with Gasteiger partial charge in [0.05, 0.1) is 13.2 Å². The summed E-state index contributed by atoms with van der Waals surface area (Å²) in [4.78, 5) is 12.8. The zero-order chi connectivity index (χ0) is 14.8. The fourth-order valence-electron chi connectivity index (χ4n) is 1.71. The molecule has 0 spiro atoms. The Bertz CT molecular complexity index is 473. The highest BCUT2D eigenvalue weighted by Crippen LogP contribution is 2.15. The Morgan fingerprint density at radius 2 is 2.40 bits per heavy atom. The normalized spacial score (nSPS) is 11.6. The highest BCUT2D eigenvalue weighted by molar-refractivity contribution is 7.10. The van der Waals surface area contributed by atoms with Crippen LogP contribution in [-0.2, 0) is 16.1 Å². The maximum Gasteiger partial charge on any atom is 0.220 e. The van der Waals surface area contributed by atoms with Crippen molar-refractivity contribution >= 4 is 17.2 Å². The molecule has 2 N–H and O–H groups in total. The molecule has 1 rings (SSSR count). The number of nitrogens with one attached hydrogen (secondary N) is 1. The van der Waals surface area contributed by atoms with Gasteiger partial charge in [-0.1, -0.05) is 18.8 Å². The van der Waals surface area contributed by atoms with E-state index in [-0.39, 0.29) is 18.4 Å². The van der Waals surface area contributed by atoms with Gasteiger partial charge in [-0.15, -0.1) is 11.3 Å². The first-order chi connectivity index (χ1) is 9.67. The molecule has 4 nitrogen and oxygen atoms in total. The molecule has 1 unspecified atom stereocenters. The van der Waals surface area contributed by atoms with Gasteiger partial charge in [0, 0.05) is 37.0 Å². The topological polar surface area (TPSA) is 58.6 Å². The molecular formula is C15H21NO3S. The van der Waals surface area contributed by atoms with Gasteiger partial charge in [0.2, 0.25) is 5.91 Å². The first-order valence-electron chi connectivity index (χ1n) is 6.59. The third-order valence-corrected chi connectivity index (χ3v) is 3.56. The van der Waals surface area contributed by atoms with Crippen LogP contribution in [0.1, 0.15) is 30.2 Å². The van der Waals surface area contributed by atoms with E-state index in [4.69, 9.17) is 9.84 Å². The first-order valence-corrected chi connectivity index (χ1v) is 7.47. The number of thiophene rings is 1. The summed E-state index contributed by atoms with van der Waals surface area (Å²) in [7, 11) is 1.64. The molecule has 1 heterocycles. The van der Waals surface area contributed by atoms with Crippen molar-refractivity contribution < 1.29 is 14.6 Å². The fraction of sp³-hybridized carbons (Fsp3) is 0.533. The molecule has 0 aliphatic rings. The number of carbonyl (C=O) groups excluding carboxylic acids is 1. The third-order valence-electron chi connectivity index (χ3n) is 2.64. The van der Waals surface area contributed by atoms with Crippen LogP contribution in [0.2, 0.25) is 0 Å². The quantitative estimate of drug-likeness (QED) is 0.754. The Morgan fingerprint density at radius 3 is 3.10 bits per heavy atom. The van der Waals surface area contributed by atoms with Gasteiger partial charge in [-0.3, -0.25) is 4.79 Å². The highest BCUT2D eigenvalue weighted by Gasteiger charge is 2.09. The monoisotopic (exact) mass is 295 g/mol. The molecule has 0 saturated carbocycles. The second-order valence-electron chi connectivity index (χ2n) is 4.57. The number of hydrogen-bond acceptors (Lipinski definition) is 4. The van der Waals surface area contributed by atoms with Crippen LogP contribution in [0.4, 0.5) is 0 Å². The van der Waals surface area contributed by atoms with E-state index in [0.717, 1.165) is 10.4 Å². The SMILES string of the molecule is COCC(C)CC(=O)NCc1sccc1C#CCCO. The number of amides is 1. The van der Waals surface area contributed by atoms with Crippen molar-refractivity contribution in [1.82, 2.24) is 5.32 Å². The van der Waals surface area contributed by atoms with Gasteiger partial charge in [-0.2, -0.15) is 0 Å². The van der Waals surface area contributed by atoms with E-state index in [1.165, 1.54) is 0 Å². The lowest BCUT2D eigenvalue weighted by Gasteiger charge is -2.10. The molecule has 0 fully saturated rings. The number of aliphatic hydroxyl groups is 1. The van der Waals surface area contributed by atoms with E-state index in [9.17, 15) is 4.79 Å². The predicted octanol–water partition coefficient (Wildman–Crippen LogP) is 1.77. The molecule has 0 saturated heterocycles. The lowest BCUT2D eigenvalue weighted by molar-refractivity contribution is -0.122. The summed E-state index contributed by atoms with van der Waals surface area (Å²) < 4.78 is 5.01. The number of ether oxygens (including phenoxy) is 1. The van der Waals surface area contributed by atoms with Gasteiger partial charge >= 0.3 is 0 Å². The Labute approximate surface area is 124 Å². The lowest BCUT2D eigenvalue weighted by atomic mass is 10.1. The molecule has 0 aliphatic carbocycles. The van der Waals surface area contributed by atoms with Crippen LogP contribution in [0.3, 0.4) is 0 Å². The Kier molecular flexibility index (Phi) is 7.97. The Balaban J connectivity index is 2.44. The standard InChI is InChI=1S/C15H21NO3S/c1-12(11-19-2)9-15(18)16-10-14-13(6-8-20-14)5-3-4-7-17/h6,8,12,17H,4,7,9-11H2,1-2H3,(H,16,18). The highest BCUT2D eigenvalue weighted by atomic mass is 32.1. The summed E-state index contributed by atoms with van der Waals surface area (Å²) >= 11 is 1.57. The van der Waals surface area contributed by atoms with Crippen LogP contribution >= 0.6 is 11.3 Å². The molecule has 0 radical (unpaired) electrons. The number of methoxy groups -OCH3 is 1. The second-order valence-corrected chi connectivity index (χ2v) is 5.57. The van der Waals surface area contributed by atoms with E-state index in [1.807, 2.05) is 18.4 Å². The maximum absolute atomic E-state index is 11.8. The minimum absolute atomic E-state index is 0.0252. The predicted molar refractivity (Wildman–Crippen MR) is 80.4 cm³/mol. The van der Waals surface area contributed by atoms with Crippen LogP contribution in [0.25, 0.3) is 0 Å². The number of aliphatic hydroxyl groups excluding tert-OH is 1. The van der Waals surface area contributed by atoms with Crippen molar-refractivity contribution in [1.29, 1.82) is 0 Å². The summed E-state index contributed by atoms with van der Waals surface area (Å²) in [6, 6.07) is 1.93. The molecule has 1 aromatic rings. The minimum Gasteiger partial charge on any atom is -0.395 e. The van der Waals surface area contributed by atoms with Gasteiger partial charge in [-0.25, -0.2) is 0 Å². The van der Waals surface area contributed by atoms with E-state index in [2.05, 4.69) is 17.2 Å². The fourth-order valence-corrected chi connectivity index (χ4v) is 2.48. The molecule has 0 aliphatic heterocycles. The summed E-state index contributed by atoms with van der Waals surface area (Å²) in [6.07, 6.45) is 0.931. The minimum atomic E-state index is 0.0252. The Hall–Kier alpha value is -1.35. The molecular weight excluding hydrogens is 274 g/mol. The average molecular weight is 295 g/mol. The molecule has 20 heavy (non-hydrogen) atoms. The smallest absolute Gasteiger partial charge is 0.220 e. The van der Waals surface area contributed by atoms with Crippen molar-refractivity contribution in [2.45, 2.75) is 26.3 Å². The van der Waals surface area contributed by atoms with Gasteiger partial charge in [0.1, 0.15) is 0 Å². The maximum atomic E-state index is 11.8. The molecule has 1 atom stereocenters. The molecule has 1 aromatic heterocycles. The van der Waals surface area contributed by atoms with Crippen LogP contribution in [0.15, 0.2) is 11.4 Å². The van der Waals surface area contributed by atoms with Crippen molar-refractivity contribution in [2.24, 2.45) is 5.92 Å². The zero-order valence-corrected chi connectivity index (χ0v) is 12.8. The molecule has 0 bridgehead atoms. The molecule has 1 amide bonds. The summed E-state index contributed by atoms with van der Waals surface area (Å²) in [6.45, 7) is 3.14. The Morgan fingerprint density at radius 1 is 1.60 bits per heavy atom. The van der Waals surface area contributed by atoms with Crippen molar-refractivity contribution in [3.8, 4) is 11.8 Å². The molecule has 5 heteroatoms. The van der Waals surface area contributed by atoms with Crippen LogP contribution in [0.5, 0.6) is 0 Å². The number of rotatable bonds is 7. The van der Waals surface area contributed by atoms with Crippen LogP contribution in [-0.4, -0.2) is 31.3 Å². The van der Waals surface area contributed by atoms with Crippen LogP contribution < -0.4 is 5.32 Å². The third kappa shape index (κ3) is 6.20. The number of carbonyl (C=O) groups is 1. The summed E-state index contributed by atoms with van der Waals surface area (Å²) in [5.41, 5.74) is 0.925. The van der Waals surface area contributed by atoms with Gasteiger partial charge in [0.15, 0.2) is 0 Å². The summed E-state index contributed by atoms with van der Waals surface area (Å²) in [5.74, 6) is 6.14. The first kappa shape index (κ1) is 16.7. The molecule has 110 valence electrons. The van der Waals surface area contributed by atoms with E-state index >= 15 is 0 Å². The van der Waals surface area contributed by atoms with Gasteiger partial charge in [0.25, 0.3) is 0 Å². The van der Waals surface area contributed by atoms with Gasteiger partial charge in [-0.05, 0) is 17.4 Å². The molecule has 0 aromatic carbocycles. The van der Waals surface area contributed by atoms with E-state index < -0.39 is 0 Å². The average Bonchev–Trinajstić information content (AvgIpc) is 2.84. The lowest BCUT2D eigenvalue weighted by Crippen LogP contribution is -2.25. The largest absolute Gasteiger partial charge is 0.395 e.